The van der Waals surface area contributed by atoms with Gasteiger partial charge in [-0.15, -0.1) is 0 Å². The van der Waals surface area contributed by atoms with Gasteiger partial charge in [-0.05, 0) is 19.4 Å². The van der Waals surface area contributed by atoms with Crippen molar-refractivity contribution < 1.29 is 4.79 Å². The molecule has 1 atom stereocenters. The van der Waals surface area contributed by atoms with Gasteiger partial charge in [0.2, 0.25) is 5.91 Å². The highest BCUT2D eigenvalue weighted by molar-refractivity contribution is 5.81. The molecule has 0 bridgehead atoms. The highest BCUT2D eigenvalue weighted by Crippen LogP contribution is 2.06. The Bertz CT molecular complexity index is 208. The molecule has 18 heavy (non-hydrogen) atoms. The van der Waals surface area contributed by atoms with E-state index >= 15 is 0 Å². The molecule has 0 fully saturated rings. The van der Waals surface area contributed by atoms with E-state index in [2.05, 4.69) is 5.32 Å². The molecule has 0 heterocycles. The minimum absolute atomic E-state index is 0.0178. The molecule has 0 aromatic carbocycles. The highest BCUT2D eigenvalue weighted by atomic mass is 16.2. The average molecular weight is 260 g/mol. The largest absolute Gasteiger partial charge is 0.353 e. The Balaban J connectivity index is 4.52. The Morgan fingerprint density at radius 3 is 2.06 bits per heavy atom. The minimum atomic E-state index is -0.216. The molecule has 0 rings (SSSR count). The lowest BCUT2D eigenvalue weighted by Crippen LogP contribution is -2.51. The highest BCUT2D eigenvalue weighted by Gasteiger charge is 2.23. The van der Waals surface area contributed by atoms with Gasteiger partial charge in [-0.2, -0.15) is 0 Å². The summed E-state index contributed by atoms with van der Waals surface area (Å²) in [6.07, 6.45) is 1.51. The lowest BCUT2D eigenvalue weighted by atomic mass is 10.1. The van der Waals surface area contributed by atoms with Crippen molar-refractivity contribution in [2.24, 2.45) is 22.9 Å². The van der Waals surface area contributed by atoms with E-state index in [9.17, 15) is 4.79 Å². The molecule has 1 unspecified atom stereocenters. The Morgan fingerprint density at radius 1 is 1.00 bits per heavy atom. The monoisotopic (exact) mass is 260 g/mol. The third-order valence-corrected chi connectivity index (χ3v) is 2.70. The molecule has 108 valence electrons. The first kappa shape index (κ1) is 17.3. The Labute approximate surface area is 109 Å². The first-order valence-corrected chi connectivity index (χ1v) is 6.53. The van der Waals surface area contributed by atoms with Gasteiger partial charge < -0.3 is 28.3 Å². The quantitative estimate of drug-likeness (QED) is 0.276. The van der Waals surface area contributed by atoms with Crippen LogP contribution >= 0.6 is 0 Å². The fourth-order valence-electron chi connectivity index (χ4n) is 1.86. The van der Waals surface area contributed by atoms with Gasteiger partial charge in [-0.25, -0.2) is 0 Å². The molecule has 0 aliphatic rings. The average Bonchev–Trinajstić information content (AvgIpc) is 2.37. The molecule has 0 aliphatic heterocycles. The van der Waals surface area contributed by atoms with Crippen molar-refractivity contribution in [1.82, 2.24) is 10.2 Å². The minimum Gasteiger partial charge on any atom is -0.353 e. The summed E-state index contributed by atoms with van der Waals surface area (Å²) >= 11 is 0. The number of hydrogen-bond acceptors (Lipinski definition) is 6. The van der Waals surface area contributed by atoms with Crippen molar-refractivity contribution in [3.05, 3.63) is 0 Å². The second kappa shape index (κ2) is 11.4. The number of carbonyl (C=O) groups excluding carboxylic acids is 1. The maximum absolute atomic E-state index is 12.1. The molecule has 1 amide bonds. The molecular formula is C11H28N6O. The van der Waals surface area contributed by atoms with Crippen molar-refractivity contribution in [2.45, 2.75) is 18.9 Å². The van der Waals surface area contributed by atoms with Crippen LogP contribution < -0.4 is 28.3 Å². The molecule has 0 aromatic rings. The van der Waals surface area contributed by atoms with Gasteiger partial charge >= 0.3 is 0 Å². The van der Waals surface area contributed by atoms with E-state index in [-0.39, 0.29) is 11.9 Å². The number of hydrogen-bond donors (Lipinski definition) is 5. The van der Waals surface area contributed by atoms with Crippen LogP contribution in [0.5, 0.6) is 0 Å². The normalized spacial score (nSPS) is 12.7. The van der Waals surface area contributed by atoms with Crippen LogP contribution in [0, 0.1) is 0 Å². The summed E-state index contributed by atoms with van der Waals surface area (Å²) in [5.74, 6) is -0.0178. The maximum Gasteiger partial charge on any atom is 0.237 e. The predicted octanol–water partition coefficient (Wildman–Crippen LogP) is -2.61. The van der Waals surface area contributed by atoms with Crippen LogP contribution in [0.4, 0.5) is 0 Å². The summed E-state index contributed by atoms with van der Waals surface area (Å²) in [7, 11) is 0. The fraction of sp³-hybridized carbons (Fsp3) is 0.909. The third kappa shape index (κ3) is 6.87. The van der Waals surface area contributed by atoms with Gasteiger partial charge in [0.25, 0.3) is 0 Å². The number of nitrogens with two attached hydrogens (primary N) is 4. The van der Waals surface area contributed by atoms with Crippen LogP contribution in [0.1, 0.15) is 12.8 Å². The summed E-state index contributed by atoms with van der Waals surface area (Å²) < 4.78 is 0. The Hall–Kier alpha value is -0.730. The lowest BCUT2D eigenvalue weighted by molar-refractivity contribution is -0.126. The van der Waals surface area contributed by atoms with Gasteiger partial charge in [-0.3, -0.25) is 9.69 Å². The summed E-state index contributed by atoms with van der Waals surface area (Å²) in [5, 5.41) is 2.81. The van der Waals surface area contributed by atoms with Gasteiger partial charge in [0.05, 0.1) is 6.04 Å². The van der Waals surface area contributed by atoms with Crippen molar-refractivity contribution in [3.8, 4) is 0 Å². The molecule has 0 aliphatic carbocycles. The number of amides is 1. The van der Waals surface area contributed by atoms with Crippen LogP contribution in [0.2, 0.25) is 0 Å². The first-order valence-electron chi connectivity index (χ1n) is 6.53. The Morgan fingerprint density at radius 2 is 1.61 bits per heavy atom. The van der Waals surface area contributed by atoms with E-state index in [0.717, 1.165) is 6.42 Å². The smallest absolute Gasteiger partial charge is 0.237 e. The summed E-state index contributed by atoms with van der Waals surface area (Å²) in [4.78, 5) is 14.1. The van der Waals surface area contributed by atoms with Gasteiger partial charge in [0, 0.05) is 39.3 Å². The summed E-state index contributed by atoms with van der Waals surface area (Å²) in [6, 6.07) is -0.216. The number of rotatable bonds is 11. The van der Waals surface area contributed by atoms with Gasteiger partial charge in [-0.1, -0.05) is 0 Å². The van der Waals surface area contributed by atoms with E-state index < -0.39 is 0 Å². The second-order valence-corrected chi connectivity index (χ2v) is 4.14. The molecule has 9 N–H and O–H groups in total. The molecule has 0 saturated heterocycles. The number of nitrogens with zero attached hydrogens (tertiary/aromatic N) is 1. The third-order valence-electron chi connectivity index (χ3n) is 2.70. The topological polar surface area (TPSA) is 136 Å². The molecular weight excluding hydrogens is 232 g/mol. The molecule has 0 saturated carbocycles. The Kier molecular flexibility index (Phi) is 10.9. The standard InChI is InChI=1S/C11H28N6O/c12-3-1-2-10(11(18)16-7-4-13)17(8-5-14)9-6-15/h10H,1-9,12-15H2,(H,16,18). The molecule has 0 spiro atoms. The molecule has 0 aromatic heterocycles. The van der Waals surface area contributed by atoms with Crippen LogP contribution in [0.15, 0.2) is 0 Å². The fourth-order valence-corrected chi connectivity index (χ4v) is 1.86. The number of carbonyl (C=O) groups is 1. The lowest BCUT2D eigenvalue weighted by Gasteiger charge is -2.30. The predicted molar refractivity (Wildman–Crippen MR) is 73.8 cm³/mol. The van der Waals surface area contributed by atoms with Crippen molar-refractivity contribution >= 4 is 5.91 Å². The van der Waals surface area contributed by atoms with Crippen LogP contribution in [-0.4, -0.2) is 62.7 Å². The van der Waals surface area contributed by atoms with E-state index in [1.54, 1.807) is 0 Å². The van der Waals surface area contributed by atoms with Crippen LogP contribution in [0.3, 0.4) is 0 Å². The maximum atomic E-state index is 12.1. The van der Waals surface area contributed by atoms with E-state index in [1.807, 2.05) is 4.90 Å². The van der Waals surface area contributed by atoms with E-state index in [0.29, 0.717) is 52.2 Å². The number of nitrogens with one attached hydrogen (secondary N) is 1. The van der Waals surface area contributed by atoms with Crippen LogP contribution in [0.25, 0.3) is 0 Å². The van der Waals surface area contributed by atoms with Gasteiger partial charge in [0.15, 0.2) is 0 Å². The second-order valence-electron chi connectivity index (χ2n) is 4.14. The van der Waals surface area contributed by atoms with Gasteiger partial charge in [0.1, 0.15) is 0 Å². The molecule has 0 radical (unpaired) electrons. The zero-order valence-corrected chi connectivity index (χ0v) is 11.1. The molecule has 7 nitrogen and oxygen atoms in total. The first-order chi connectivity index (χ1) is 8.71. The summed E-state index contributed by atoms with van der Waals surface area (Å²) in [5.41, 5.74) is 22.0. The van der Waals surface area contributed by atoms with Crippen LogP contribution in [-0.2, 0) is 4.79 Å². The molecule has 7 heteroatoms. The zero-order chi connectivity index (χ0) is 13.8. The van der Waals surface area contributed by atoms with Crippen molar-refractivity contribution in [2.75, 3.05) is 45.8 Å². The van der Waals surface area contributed by atoms with E-state index in [1.165, 1.54) is 0 Å². The van der Waals surface area contributed by atoms with E-state index in [4.69, 9.17) is 22.9 Å². The SMILES string of the molecule is NCCCC(C(=O)NCCN)N(CCN)CCN. The summed E-state index contributed by atoms with van der Waals surface area (Å²) in [6.45, 7) is 3.80. The van der Waals surface area contributed by atoms with Crippen molar-refractivity contribution in [3.63, 3.8) is 0 Å². The zero-order valence-electron chi connectivity index (χ0n) is 11.1. The van der Waals surface area contributed by atoms with Crippen molar-refractivity contribution in [1.29, 1.82) is 0 Å².